The number of carboxylic acids is 2. The molecule has 0 spiro atoms. The van der Waals surface area contributed by atoms with Crippen molar-refractivity contribution in [1.82, 2.24) is 19.9 Å². The molecule has 0 aliphatic heterocycles. The van der Waals surface area contributed by atoms with Crippen LogP contribution in [0.2, 0.25) is 0 Å². The molecule has 2 heterocycles. The molecule has 4 aromatic rings. The summed E-state index contributed by atoms with van der Waals surface area (Å²) in [5.74, 6) is -1.88. The number of benzene rings is 2. The van der Waals surface area contributed by atoms with Crippen LogP contribution in [0.3, 0.4) is 0 Å². The number of aliphatic hydroxyl groups excluding tert-OH is 4. The first-order valence-corrected chi connectivity index (χ1v) is 21.4. The van der Waals surface area contributed by atoms with Gasteiger partial charge in [0.25, 0.3) is 0 Å². The SMILES string of the molecule is CC(C)c1nc(N(C)C)nc(-c2ccc(F)cc2)c1/C=C/[C@@H](O)C[C@@H](O)CC(=O)O.CC(C)c1nc(N(C)C)nc(-c2ccc(F)cc2)c1/C=C/[C@@H](O)C[C@@H](O)CC(=O)O.O=S=O.O=S=O.[Ca+2]. The van der Waals surface area contributed by atoms with Gasteiger partial charge in [-0.1, -0.05) is 52.0 Å². The number of aromatic nitrogens is 4. The summed E-state index contributed by atoms with van der Waals surface area (Å²) in [7, 11) is 7.32. The van der Waals surface area contributed by atoms with Crippen LogP contribution in [-0.2, 0) is 32.7 Å². The number of carbonyl (C=O) groups is 2. The van der Waals surface area contributed by atoms with Gasteiger partial charge in [-0.25, -0.2) is 28.7 Å². The van der Waals surface area contributed by atoms with Crippen LogP contribution in [0.15, 0.2) is 60.7 Å². The molecule has 0 radical (unpaired) electrons. The predicted octanol–water partition coefficient (Wildman–Crippen LogP) is 4.42. The molecular formula is C44H56CaF2N6O12S2+2. The van der Waals surface area contributed by atoms with Crippen LogP contribution in [-0.4, -0.2) is 170 Å². The van der Waals surface area contributed by atoms with Gasteiger partial charge in [0.15, 0.2) is 0 Å². The van der Waals surface area contributed by atoms with Crippen molar-refractivity contribution in [3.8, 4) is 22.5 Å². The van der Waals surface area contributed by atoms with E-state index in [1.54, 1.807) is 46.2 Å². The van der Waals surface area contributed by atoms with Gasteiger partial charge in [-0.05, 0) is 60.4 Å². The largest absolute Gasteiger partial charge is 2.00 e. The number of aliphatic carboxylic acids is 2. The minimum absolute atomic E-state index is 0. The maximum atomic E-state index is 13.4. The van der Waals surface area contributed by atoms with Crippen LogP contribution >= 0.6 is 0 Å². The van der Waals surface area contributed by atoms with Gasteiger partial charge in [-0.2, -0.15) is 16.8 Å². The van der Waals surface area contributed by atoms with E-state index in [1.165, 1.54) is 36.4 Å². The molecule has 2 aromatic carbocycles. The van der Waals surface area contributed by atoms with Gasteiger partial charge >= 0.3 is 72.8 Å². The van der Waals surface area contributed by atoms with Gasteiger partial charge in [0.2, 0.25) is 11.9 Å². The molecular weight excluding hydrogens is 947 g/mol. The number of nitrogens with zero attached hydrogens (tertiary/aromatic N) is 6. The Kier molecular flexibility index (Phi) is 29.8. The van der Waals surface area contributed by atoms with Crippen LogP contribution in [0.25, 0.3) is 34.7 Å². The smallest absolute Gasteiger partial charge is 0.481 e. The van der Waals surface area contributed by atoms with E-state index < -0.39 is 72.3 Å². The van der Waals surface area contributed by atoms with E-state index >= 15 is 0 Å². The van der Waals surface area contributed by atoms with Crippen LogP contribution in [0, 0.1) is 11.6 Å². The monoisotopic (exact) mass is 1000 g/mol. The van der Waals surface area contributed by atoms with E-state index in [9.17, 15) is 38.8 Å². The summed E-state index contributed by atoms with van der Waals surface area (Å²) in [5, 5.41) is 57.4. The van der Waals surface area contributed by atoms with Crippen molar-refractivity contribution in [2.24, 2.45) is 0 Å². The third-order valence-corrected chi connectivity index (χ3v) is 8.87. The van der Waals surface area contributed by atoms with Gasteiger partial charge in [0.05, 0.1) is 60.0 Å². The van der Waals surface area contributed by atoms with Crippen molar-refractivity contribution in [2.75, 3.05) is 38.0 Å². The Morgan fingerprint density at radius 3 is 1.10 bits per heavy atom. The molecule has 67 heavy (non-hydrogen) atoms. The zero-order valence-corrected chi connectivity index (χ0v) is 42.2. The molecule has 4 atom stereocenters. The Morgan fingerprint density at radius 2 is 0.866 bits per heavy atom. The van der Waals surface area contributed by atoms with Crippen molar-refractivity contribution in [1.29, 1.82) is 0 Å². The number of halogens is 2. The minimum Gasteiger partial charge on any atom is -0.481 e. The average molecular weight is 1000 g/mol. The molecule has 0 aliphatic rings. The first kappa shape index (κ1) is 62.2. The molecule has 18 nitrogen and oxygen atoms in total. The number of anilines is 2. The van der Waals surface area contributed by atoms with E-state index in [2.05, 4.69) is 19.9 Å². The van der Waals surface area contributed by atoms with Gasteiger partial charge in [0, 0.05) is 63.3 Å². The summed E-state index contributed by atoms with van der Waals surface area (Å²) < 4.78 is 60.0. The normalized spacial score (nSPS) is 12.5. The van der Waals surface area contributed by atoms with Crippen LogP contribution in [0.5, 0.6) is 0 Å². The van der Waals surface area contributed by atoms with E-state index in [0.29, 0.717) is 45.5 Å². The minimum atomic E-state index is -1.16. The third-order valence-electron chi connectivity index (χ3n) is 8.87. The third kappa shape index (κ3) is 22.7. The molecule has 0 amide bonds. The standard InChI is InChI=1S/2C22H28FN3O4.Ca.2O2S/c2*1-13(2)20-18(10-9-16(27)11-17(28)12-19(29)30)21(25-22(24-20)26(3)4)14-5-7-15(23)8-6-14;;2*1-3-2/h2*5-10,13,16-17,27-28H,11-12H2,1-4H3,(H,29,30);;;/q;;+2;;/b2*10-9+;;;/t2*16-,17-;;;/m11.../s1. The molecule has 360 valence electrons. The van der Waals surface area contributed by atoms with Crippen LogP contribution in [0.1, 0.15) is 87.7 Å². The predicted molar refractivity (Wildman–Crippen MR) is 251 cm³/mol. The Morgan fingerprint density at radius 1 is 0.582 bits per heavy atom. The molecule has 0 saturated carbocycles. The molecule has 2 aromatic heterocycles. The Hall–Kier alpha value is -4.78. The van der Waals surface area contributed by atoms with Gasteiger partial charge in [-0.3, -0.25) is 9.59 Å². The summed E-state index contributed by atoms with van der Waals surface area (Å²) in [6.07, 6.45) is 0.805. The number of carboxylic acid groups (broad SMARTS) is 2. The molecule has 0 saturated heterocycles. The van der Waals surface area contributed by atoms with E-state index in [0.717, 1.165) is 11.4 Å². The topological polar surface area (TPSA) is 282 Å². The molecule has 4 rings (SSSR count). The van der Waals surface area contributed by atoms with Crippen molar-refractivity contribution in [3.05, 3.63) is 94.8 Å². The van der Waals surface area contributed by atoms with Crippen LogP contribution < -0.4 is 9.80 Å². The molecule has 6 N–H and O–H groups in total. The fourth-order valence-electron chi connectivity index (χ4n) is 5.91. The maximum absolute atomic E-state index is 13.4. The molecule has 0 aliphatic carbocycles. The zero-order valence-electron chi connectivity index (χ0n) is 38.3. The Labute approximate surface area is 424 Å². The second-order valence-corrected chi connectivity index (χ2v) is 15.7. The number of aliphatic hydroxyl groups is 4. The van der Waals surface area contributed by atoms with Crippen molar-refractivity contribution >= 4 is 96.9 Å². The number of rotatable bonds is 18. The first-order chi connectivity index (χ1) is 31.0. The fourth-order valence-corrected chi connectivity index (χ4v) is 5.91. The van der Waals surface area contributed by atoms with E-state index in [4.69, 9.17) is 27.0 Å². The van der Waals surface area contributed by atoms with E-state index in [1.807, 2.05) is 55.9 Å². The number of hydrogen-bond donors (Lipinski definition) is 6. The summed E-state index contributed by atoms with van der Waals surface area (Å²) in [6, 6.07) is 11.9. The summed E-state index contributed by atoms with van der Waals surface area (Å²) in [6.45, 7) is 7.95. The summed E-state index contributed by atoms with van der Waals surface area (Å²) in [5.41, 5.74) is 5.43. The second kappa shape index (κ2) is 32.1. The summed E-state index contributed by atoms with van der Waals surface area (Å²) in [4.78, 5) is 43.5. The zero-order chi connectivity index (χ0) is 50.3. The Bertz CT molecular complexity index is 2150. The van der Waals surface area contributed by atoms with Gasteiger partial charge in [0.1, 0.15) is 11.6 Å². The van der Waals surface area contributed by atoms with Crippen molar-refractivity contribution in [2.45, 2.75) is 89.6 Å². The quantitative estimate of drug-likeness (QED) is 0.0752. The molecule has 0 unspecified atom stereocenters. The average Bonchev–Trinajstić information content (AvgIpc) is 3.22. The van der Waals surface area contributed by atoms with Crippen LogP contribution in [0.4, 0.5) is 20.7 Å². The number of hydrogen-bond acceptors (Lipinski definition) is 16. The fraction of sp³-hybridized carbons (Fsp3) is 0.409. The van der Waals surface area contributed by atoms with Crippen molar-refractivity contribution < 1.29 is 65.8 Å². The molecule has 23 heteroatoms. The Balaban J connectivity index is 0.00000115. The maximum Gasteiger partial charge on any atom is 2.00 e. The van der Waals surface area contributed by atoms with Gasteiger partial charge in [-0.15, -0.1) is 0 Å². The first-order valence-electron chi connectivity index (χ1n) is 20.1. The second-order valence-electron chi connectivity index (χ2n) is 15.4. The van der Waals surface area contributed by atoms with E-state index in [-0.39, 0.29) is 74.1 Å². The molecule has 0 bridgehead atoms. The van der Waals surface area contributed by atoms with Crippen molar-refractivity contribution in [3.63, 3.8) is 0 Å². The molecule has 0 fully saturated rings. The van der Waals surface area contributed by atoms with Gasteiger partial charge < -0.3 is 40.4 Å². The summed E-state index contributed by atoms with van der Waals surface area (Å²) >= 11 is -1.50.